The Morgan fingerprint density at radius 2 is 0.846 bits per heavy atom. The molecule has 0 aliphatic carbocycles. The first-order valence-corrected chi connectivity index (χ1v) is 7.28. The first kappa shape index (κ1) is 18.6. The van der Waals surface area contributed by atoms with E-state index in [0.29, 0.717) is 0 Å². The molecule has 0 unspecified atom stereocenters. The van der Waals surface area contributed by atoms with E-state index in [-0.39, 0.29) is 0 Å². The predicted octanol–water partition coefficient (Wildman–Crippen LogP) is -0.774. The Morgan fingerprint density at radius 1 is 0.846 bits per heavy atom. The van der Waals surface area contributed by atoms with Gasteiger partial charge in [-0.25, -0.2) is 27.1 Å². The van der Waals surface area contributed by atoms with Crippen molar-refractivity contribution < 1.29 is 16.8 Å². The van der Waals surface area contributed by atoms with E-state index in [4.69, 9.17) is 0 Å². The molecule has 0 aromatic rings. The number of hydrogen-bond acceptors (Lipinski definition) is 4. The van der Waals surface area contributed by atoms with Crippen molar-refractivity contribution >= 4 is 20.0 Å². The van der Waals surface area contributed by atoms with E-state index in [1.54, 1.807) is 0 Å². The summed E-state index contributed by atoms with van der Waals surface area (Å²) in [5, 5.41) is 8.65. The molecule has 4 N–H and O–H groups in total. The molecule has 0 aliphatic rings. The molecule has 6 nitrogen and oxygen atoms in total. The van der Waals surface area contributed by atoms with Crippen LogP contribution in [0.3, 0.4) is 0 Å². The number of primary sulfonamides is 2. The van der Waals surface area contributed by atoms with Gasteiger partial charge in [0.1, 0.15) is 0 Å². The van der Waals surface area contributed by atoms with Gasteiger partial charge in [0, 0.05) is 0 Å². The molecule has 0 heterocycles. The molecule has 84 valence electrons. The maximum absolute atomic E-state index is 9.41. The van der Waals surface area contributed by atoms with Gasteiger partial charge in [0.2, 0.25) is 20.0 Å². The average molecular weight is 234 g/mol. The lowest BCUT2D eigenvalue weighted by atomic mass is 10.6. The van der Waals surface area contributed by atoms with Crippen molar-refractivity contribution in [2.45, 2.75) is 20.3 Å². The van der Waals surface area contributed by atoms with Gasteiger partial charge in [-0.1, -0.05) is 20.3 Å². The Hall–Kier alpha value is -0.180. The minimum absolute atomic E-state index is 0.938. The standard InChI is InChI=1S/C3H8.2CH5NO2S/c1-3-2;2*1-5(2,3)4/h3H2,1-2H3;2*1H3,(H2,2,3,4). The summed E-state index contributed by atoms with van der Waals surface area (Å²) < 4.78 is 37.6. The van der Waals surface area contributed by atoms with Crippen molar-refractivity contribution in [1.29, 1.82) is 0 Å². The van der Waals surface area contributed by atoms with Crippen molar-refractivity contribution in [3.63, 3.8) is 0 Å². The van der Waals surface area contributed by atoms with E-state index in [9.17, 15) is 16.8 Å². The third kappa shape index (κ3) is 35200. The summed E-state index contributed by atoms with van der Waals surface area (Å²) in [6.45, 7) is 4.25. The van der Waals surface area contributed by atoms with Crippen LogP contribution >= 0.6 is 0 Å². The molecule has 0 saturated carbocycles. The lowest BCUT2D eigenvalue weighted by Gasteiger charge is -1.71. The fraction of sp³-hybridized carbons (Fsp3) is 1.00. The molecule has 0 aromatic carbocycles. The van der Waals surface area contributed by atoms with Crippen LogP contribution in [0.15, 0.2) is 0 Å². The van der Waals surface area contributed by atoms with Gasteiger partial charge in [0.25, 0.3) is 0 Å². The summed E-state index contributed by atoms with van der Waals surface area (Å²) in [5.41, 5.74) is 0. The molecule has 0 radical (unpaired) electrons. The number of sulfonamides is 2. The highest BCUT2D eigenvalue weighted by Gasteiger charge is 1.79. The van der Waals surface area contributed by atoms with Gasteiger partial charge in [0.15, 0.2) is 0 Å². The highest BCUT2D eigenvalue weighted by atomic mass is 32.2. The largest absolute Gasteiger partial charge is 0.229 e. The van der Waals surface area contributed by atoms with E-state index in [0.717, 1.165) is 12.5 Å². The third-order valence-corrected chi connectivity index (χ3v) is 0. The normalized spacial score (nSPS) is 10.3. The molecule has 0 amide bonds. The monoisotopic (exact) mass is 234 g/mol. The molecule has 0 fully saturated rings. The van der Waals surface area contributed by atoms with Gasteiger partial charge in [0.05, 0.1) is 12.5 Å². The SMILES string of the molecule is CCC.CS(N)(=O)=O.CS(N)(=O)=O. The van der Waals surface area contributed by atoms with E-state index in [1.807, 2.05) is 0 Å². The molecule has 0 aliphatic heterocycles. The van der Waals surface area contributed by atoms with Crippen molar-refractivity contribution in [2.24, 2.45) is 10.3 Å². The van der Waals surface area contributed by atoms with Gasteiger partial charge < -0.3 is 0 Å². The van der Waals surface area contributed by atoms with Crippen LogP contribution in [0.4, 0.5) is 0 Å². The van der Waals surface area contributed by atoms with E-state index in [1.165, 1.54) is 6.42 Å². The summed E-state index contributed by atoms with van der Waals surface area (Å²) in [6.07, 6.45) is 3.12. The van der Waals surface area contributed by atoms with E-state index >= 15 is 0 Å². The van der Waals surface area contributed by atoms with Crippen molar-refractivity contribution in [2.75, 3.05) is 12.5 Å². The minimum Gasteiger partial charge on any atom is -0.229 e. The van der Waals surface area contributed by atoms with Gasteiger partial charge >= 0.3 is 0 Å². The van der Waals surface area contributed by atoms with Gasteiger partial charge in [-0.05, 0) is 0 Å². The molecule has 13 heavy (non-hydrogen) atoms. The van der Waals surface area contributed by atoms with Crippen LogP contribution in [0, 0.1) is 0 Å². The highest BCUT2D eigenvalue weighted by Crippen LogP contribution is 1.56. The zero-order valence-electron chi connectivity index (χ0n) is 8.31. The molecule has 8 heteroatoms. The Kier molecular flexibility index (Phi) is 12.0. The third-order valence-electron chi connectivity index (χ3n) is 0. The zero-order valence-corrected chi connectivity index (χ0v) is 9.94. The fourth-order valence-electron chi connectivity index (χ4n) is 0. The van der Waals surface area contributed by atoms with E-state index < -0.39 is 20.0 Å². The molecule has 0 spiro atoms. The highest BCUT2D eigenvalue weighted by molar-refractivity contribution is 7.88. The van der Waals surface area contributed by atoms with Crippen LogP contribution in [0.5, 0.6) is 0 Å². The smallest absolute Gasteiger partial charge is 0.206 e. The molecular weight excluding hydrogens is 216 g/mol. The van der Waals surface area contributed by atoms with Crippen molar-refractivity contribution in [1.82, 2.24) is 0 Å². The van der Waals surface area contributed by atoms with Crippen LogP contribution in [0.2, 0.25) is 0 Å². The van der Waals surface area contributed by atoms with Gasteiger partial charge in [-0.2, -0.15) is 0 Å². The molecule has 0 aromatic heterocycles. The molecule has 0 atom stereocenters. The minimum atomic E-state index is -3.17. The first-order chi connectivity index (χ1) is 5.41. The van der Waals surface area contributed by atoms with Crippen LogP contribution in [-0.2, 0) is 20.0 Å². The Bertz CT molecular complexity index is 234. The molecule has 0 rings (SSSR count). The average Bonchev–Trinajstić information content (AvgIpc) is 1.52. The van der Waals surface area contributed by atoms with E-state index in [2.05, 4.69) is 24.1 Å². The van der Waals surface area contributed by atoms with Crippen LogP contribution in [0.25, 0.3) is 0 Å². The maximum atomic E-state index is 9.41. The lowest BCUT2D eigenvalue weighted by Crippen LogP contribution is -2.07. The van der Waals surface area contributed by atoms with Gasteiger partial charge in [-0.3, -0.25) is 0 Å². The van der Waals surface area contributed by atoms with Crippen molar-refractivity contribution in [3.8, 4) is 0 Å². The predicted molar refractivity (Wildman–Crippen MR) is 54.0 cm³/mol. The summed E-state index contributed by atoms with van der Waals surface area (Å²) >= 11 is 0. The summed E-state index contributed by atoms with van der Waals surface area (Å²) in [5.74, 6) is 0. The Balaban J connectivity index is -0.000000120. The molecule has 0 saturated heterocycles. The topological polar surface area (TPSA) is 120 Å². The summed E-state index contributed by atoms with van der Waals surface area (Å²) in [4.78, 5) is 0. The van der Waals surface area contributed by atoms with Crippen molar-refractivity contribution in [3.05, 3.63) is 0 Å². The number of rotatable bonds is 0. The molecular formula is C5H18N2O4S2. The van der Waals surface area contributed by atoms with Crippen LogP contribution in [-0.4, -0.2) is 29.3 Å². The summed E-state index contributed by atoms with van der Waals surface area (Å²) in [6, 6.07) is 0. The second-order valence-electron chi connectivity index (χ2n) is 2.37. The lowest BCUT2D eigenvalue weighted by molar-refractivity contribution is 0.601. The maximum Gasteiger partial charge on any atom is 0.206 e. The second-order valence-corrected chi connectivity index (χ2v) is 5.68. The second kappa shape index (κ2) is 8.42. The van der Waals surface area contributed by atoms with Crippen LogP contribution < -0.4 is 10.3 Å². The summed E-state index contributed by atoms with van der Waals surface area (Å²) in [7, 11) is -6.33. The number of hydrogen-bond donors (Lipinski definition) is 2. The van der Waals surface area contributed by atoms with Crippen LogP contribution in [0.1, 0.15) is 20.3 Å². The zero-order chi connectivity index (χ0) is 11.7. The number of nitrogens with two attached hydrogens (primary N) is 2. The molecule has 0 bridgehead atoms. The quantitative estimate of drug-likeness (QED) is 0.571. The van der Waals surface area contributed by atoms with Gasteiger partial charge in [-0.15, -0.1) is 0 Å². The Labute approximate surface area is 80.4 Å². The Morgan fingerprint density at radius 3 is 0.846 bits per heavy atom. The fourth-order valence-corrected chi connectivity index (χ4v) is 0. The first-order valence-electron chi connectivity index (χ1n) is 3.37.